The molecule has 5 rings (SSSR count). The number of piperazine rings is 2. The van der Waals surface area contributed by atoms with E-state index in [0.717, 1.165) is 80.9 Å². The Morgan fingerprint density at radius 1 is 0.786 bits per heavy atom. The minimum absolute atomic E-state index is 0.825. The first-order chi connectivity index (χ1) is 13.8. The Bertz CT molecular complexity index is 942. The maximum atomic E-state index is 5.51. The Hall–Kier alpha value is -2.87. The van der Waals surface area contributed by atoms with E-state index in [1.165, 1.54) is 0 Å². The Labute approximate surface area is 164 Å². The molecular formula is C20H25N7O. The van der Waals surface area contributed by atoms with Gasteiger partial charge < -0.3 is 24.0 Å². The summed E-state index contributed by atoms with van der Waals surface area (Å²) >= 11 is 0. The van der Waals surface area contributed by atoms with E-state index in [9.17, 15) is 0 Å². The maximum absolute atomic E-state index is 5.51. The molecular weight excluding hydrogens is 354 g/mol. The van der Waals surface area contributed by atoms with Gasteiger partial charge in [0.1, 0.15) is 17.2 Å². The van der Waals surface area contributed by atoms with Crippen molar-refractivity contribution < 1.29 is 4.42 Å². The molecule has 8 heteroatoms. The van der Waals surface area contributed by atoms with Crippen LogP contribution in [0.2, 0.25) is 0 Å². The average molecular weight is 379 g/mol. The van der Waals surface area contributed by atoms with Gasteiger partial charge in [-0.3, -0.25) is 0 Å². The van der Waals surface area contributed by atoms with Gasteiger partial charge in [0.05, 0.1) is 11.6 Å². The minimum atomic E-state index is 0.825. The van der Waals surface area contributed by atoms with Gasteiger partial charge in [0.2, 0.25) is 5.95 Å². The lowest BCUT2D eigenvalue weighted by Crippen LogP contribution is -2.48. The number of pyridine rings is 1. The molecule has 2 aliphatic rings. The monoisotopic (exact) mass is 379 g/mol. The second-order valence-electron chi connectivity index (χ2n) is 7.45. The van der Waals surface area contributed by atoms with Gasteiger partial charge in [-0.1, -0.05) is 0 Å². The fourth-order valence-electron chi connectivity index (χ4n) is 3.95. The first-order valence-electron chi connectivity index (χ1n) is 9.86. The summed E-state index contributed by atoms with van der Waals surface area (Å²) in [6.07, 6.45) is 5.43. The Morgan fingerprint density at radius 3 is 2.32 bits per heavy atom. The molecule has 0 N–H and O–H groups in total. The van der Waals surface area contributed by atoms with Crippen LogP contribution in [0.25, 0.3) is 11.0 Å². The molecule has 2 fully saturated rings. The van der Waals surface area contributed by atoms with Crippen molar-refractivity contribution in [3.05, 3.63) is 36.9 Å². The molecule has 0 spiro atoms. The third kappa shape index (κ3) is 3.24. The number of fused-ring (bicyclic) bond motifs is 1. The smallest absolute Gasteiger partial charge is 0.227 e. The first-order valence-corrected chi connectivity index (χ1v) is 9.86. The topological polar surface area (TPSA) is 64.8 Å². The highest BCUT2D eigenvalue weighted by atomic mass is 16.3. The largest absolute Gasteiger partial charge is 0.464 e. The summed E-state index contributed by atoms with van der Waals surface area (Å²) in [6, 6.07) is 5.92. The predicted octanol–water partition coefficient (Wildman–Crippen LogP) is 1.70. The number of hydrogen-bond donors (Lipinski definition) is 0. The fourth-order valence-corrected chi connectivity index (χ4v) is 3.95. The molecule has 2 saturated heterocycles. The van der Waals surface area contributed by atoms with Crippen LogP contribution < -0.4 is 14.7 Å². The zero-order valence-corrected chi connectivity index (χ0v) is 16.2. The SMILES string of the molecule is CN1CCN(c2ccnc(N3CCN(c4nccc5occc45)CC3)n2)CC1. The molecule has 0 unspecified atom stereocenters. The van der Waals surface area contributed by atoms with E-state index in [0.29, 0.717) is 0 Å². The molecule has 0 aromatic carbocycles. The van der Waals surface area contributed by atoms with Crippen molar-refractivity contribution >= 4 is 28.6 Å². The number of rotatable bonds is 3. The van der Waals surface area contributed by atoms with Crippen LogP contribution in [0, 0.1) is 0 Å². The highest BCUT2D eigenvalue weighted by Crippen LogP contribution is 2.26. The second-order valence-corrected chi connectivity index (χ2v) is 7.45. The van der Waals surface area contributed by atoms with Crippen LogP contribution in [0.1, 0.15) is 0 Å². The number of hydrogen-bond acceptors (Lipinski definition) is 8. The van der Waals surface area contributed by atoms with Crippen molar-refractivity contribution in [2.24, 2.45) is 0 Å². The van der Waals surface area contributed by atoms with Crippen LogP contribution in [-0.2, 0) is 0 Å². The molecule has 0 amide bonds. The van der Waals surface area contributed by atoms with Crippen molar-refractivity contribution in [1.29, 1.82) is 0 Å². The molecule has 3 aromatic heterocycles. The van der Waals surface area contributed by atoms with E-state index in [2.05, 4.69) is 36.6 Å². The molecule has 28 heavy (non-hydrogen) atoms. The van der Waals surface area contributed by atoms with Crippen molar-refractivity contribution in [3.63, 3.8) is 0 Å². The van der Waals surface area contributed by atoms with Gasteiger partial charge in [0, 0.05) is 64.8 Å². The summed E-state index contributed by atoms with van der Waals surface area (Å²) in [5, 5.41) is 1.07. The molecule has 0 atom stereocenters. The summed E-state index contributed by atoms with van der Waals surface area (Å²) in [7, 11) is 2.17. The van der Waals surface area contributed by atoms with Crippen LogP contribution in [0.15, 0.2) is 41.3 Å². The van der Waals surface area contributed by atoms with Gasteiger partial charge in [0.15, 0.2) is 0 Å². The molecule has 2 aliphatic heterocycles. The van der Waals surface area contributed by atoms with E-state index >= 15 is 0 Å². The van der Waals surface area contributed by atoms with Crippen LogP contribution in [0.4, 0.5) is 17.6 Å². The lowest BCUT2D eigenvalue weighted by molar-refractivity contribution is 0.312. The van der Waals surface area contributed by atoms with E-state index in [4.69, 9.17) is 9.40 Å². The third-order valence-electron chi connectivity index (χ3n) is 5.68. The predicted molar refractivity (Wildman–Crippen MR) is 110 cm³/mol. The van der Waals surface area contributed by atoms with E-state index in [-0.39, 0.29) is 0 Å². The molecule has 8 nitrogen and oxygen atoms in total. The summed E-state index contributed by atoms with van der Waals surface area (Å²) in [5.41, 5.74) is 0.885. The van der Waals surface area contributed by atoms with Crippen LogP contribution in [0.3, 0.4) is 0 Å². The van der Waals surface area contributed by atoms with E-state index in [1.807, 2.05) is 30.6 Å². The average Bonchev–Trinajstić information content (AvgIpc) is 3.24. The van der Waals surface area contributed by atoms with Gasteiger partial charge in [-0.15, -0.1) is 0 Å². The zero-order chi connectivity index (χ0) is 18.9. The minimum Gasteiger partial charge on any atom is -0.464 e. The van der Waals surface area contributed by atoms with Crippen molar-refractivity contribution in [3.8, 4) is 0 Å². The lowest BCUT2D eigenvalue weighted by Gasteiger charge is -2.36. The molecule has 3 aromatic rings. The highest BCUT2D eigenvalue weighted by molar-refractivity contribution is 5.88. The van der Waals surface area contributed by atoms with Crippen molar-refractivity contribution in [2.75, 3.05) is 74.1 Å². The number of aromatic nitrogens is 3. The summed E-state index contributed by atoms with van der Waals surface area (Å²) in [4.78, 5) is 23.3. The van der Waals surface area contributed by atoms with Crippen LogP contribution in [-0.4, -0.2) is 79.3 Å². The Kier molecular flexibility index (Phi) is 4.48. The van der Waals surface area contributed by atoms with Crippen molar-refractivity contribution in [1.82, 2.24) is 19.9 Å². The summed E-state index contributed by atoms with van der Waals surface area (Å²) in [5.74, 6) is 2.86. The zero-order valence-electron chi connectivity index (χ0n) is 16.2. The molecule has 0 radical (unpaired) electrons. The normalized spacial score (nSPS) is 18.8. The number of anilines is 3. The lowest BCUT2D eigenvalue weighted by atomic mass is 10.2. The van der Waals surface area contributed by atoms with E-state index < -0.39 is 0 Å². The quantitative estimate of drug-likeness (QED) is 0.681. The first kappa shape index (κ1) is 17.2. The standard InChI is InChI=1S/C20H25N7O/c1-24-7-9-25(10-8-24)18-3-6-22-20(23-18)27-13-11-26(12-14-27)19-16-4-15-28-17(16)2-5-21-19/h2-6,15H,7-14H2,1H3. The van der Waals surface area contributed by atoms with Crippen LogP contribution in [0.5, 0.6) is 0 Å². The fraction of sp³-hybridized carbons (Fsp3) is 0.450. The van der Waals surface area contributed by atoms with Gasteiger partial charge in [-0.05, 0) is 25.2 Å². The Morgan fingerprint density at radius 2 is 1.50 bits per heavy atom. The van der Waals surface area contributed by atoms with Gasteiger partial charge in [0.25, 0.3) is 0 Å². The van der Waals surface area contributed by atoms with E-state index in [1.54, 1.807) is 6.26 Å². The van der Waals surface area contributed by atoms with Gasteiger partial charge in [-0.25, -0.2) is 9.97 Å². The Balaban J connectivity index is 1.28. The number of nitrogens with zero attached hydrogens (tertiary/aromatic N) is 7. The van der Waals surface area contributed by atoms with Crippen LogP contribution >= 0.6 is 0 Å². The number of furan rings is 1. The van der Waals surface area contributed by atoms with Gasteiger partial charge in [-0.2, -0.15) is 4.98 Å². The van der Waals surface area contributed by atoms with Crippen molar-refractivity contribution in [2.45, 2.75) is 0 Å². The number of likely N-dealkylation sites (N-methyl/N-ethyl adjacent to an activating group) is 1. The molecule has 0 aliphatic carbocycles. The summed E-state index contributed by atoms with van der Waals surface area (Å²) in [6.45, 7) is 7.71. The highest BCUT2D eigenvalue weighted by Gasteiger charge is 2.23. The summed E-state index contributed by atoms with van der Waals surface area (Å²) < 4.78 is 5.51. The van der Waals surface area contributed by atoms with Gasteiger partial charge >= 0.3 is 0 Å². The molecule has 5 heterocycles. The molecule has 0 bridgehead atoms. The molecule has 146 valence electrons. The second kappa shape index (κ2) is 7.27. The maximum Gasteiger partial charge on any atom is 0.227 e. The third-order valence-corrected chi connectivity index (χ3v) is 5.68. The molecule has 0 saturated carbocycles.